The Labute approximate surface area is 380 Å². The molecule has 0 atom stereocenters. The zero-order valence-corrected chi connectivity index (χ0v) is 42.0. The molecule has 0 radical (unpaired) electrons. The molecule has 0 aromatic heterocycles. The Kier molecular flexibility index (Phi) is 45.1. The Morgan fingerprint density at radius 2 is 0.689 bits per heavy atom. The van der Waals surface area contributed by atoms with E-state index in [1.54, 1.807) is 0 Å². The summed E-state index contributed by atoms with van der Waals surface area (Å²) < 4.78 is 11.3. The van der Waals surface area contributed by atoms with Crippen LogP contribution in [0.1, 0.15) is 272 Å². The molecular weight excluding hydrogens is 757 g/mol. The number of carbonyl (C=O) groups is 3. The van der Waals surface area contributed by atoms with E-state index < -0.39 is 0 Å². The van der Waals surface area contributed by atoms with E-state index in [4.69, 9.17) is 9.47 Å². The molecule has 0 fully saturated rings. The molecule has 7 heteroatoms. The van der Waals surface area contributed by atoms with E-state index in [9.17, 15) is 14.4 Å². The van der Waals surface area contributed by atoms with Crippen LogP contribution in [0.5, 0.6) is 0 Å². The van der Waals surface area contributed by atoms with Crippen molar-refractivity contribution in [2.75, 3.05) is 46.9 Å². The molecule has 0 bridgehead atoms. The second-order valence-corrected chi connectivity index (χ2v) is 19.2. The predicted octanol–water partition coefficient (Wildman–Crippen LogP) is 15.6. The molecule has 61 heavy (non-hydrogen) atoms. The van der Waals surface area contributed by atoms with Crippen LogP contribution in [0.2, 0.25) is 0 Å². The third-order valence-electron chi connectivity index (χ3n) is 12.9. The lowest BCUT2D eigenvalue weighted by atomic mass is 9.91. The van der Waals surface area contributed by atoms with E-state index in [1.807, 2.05) is 0 Å². The van der Waals surface area contributed by atoms with Gasteiger partial charge in [-0.1, -0.05) is 195 Å². The molecule has 0 saturated carbocycles. The Balaban J connectivity index is 4.30. The first-order valence-corrected chi connectivity index (χ1v) is 27.0. The van der Waals surface area contributed by atoms with Crippen LogP contribution < -0.4 is 0 Å². The largest absolute Gasteiger partial charge is 0.466 e. The normalized spacial score (nSPS) is 11.6. The number of hydrogen-bond acceptors (Lipinski definition) is 6. The molecule has 0 N–H and O–H groups in total. The summed E-state index contributed by atoms with van der Waals surface area (Å²) in [4.78, 5) is 42.3. The number of rotatable bonds is 48. The highest BCUT2D eigenvalue weighted by atomic mass is 16.5. The second kappa shape index (κ2) is 46.4. The van der Waals surface area contributed by atoms with Crippen molar-refractivity contribution in [1.82, 2.24) is 9.80 Å². The number of hydrogen-bond donors (Lipinski definition) is 0. The average Bonchev–Trinajstić information content (AvgIpc) is 3.24. The molecule has 1 amide bonds. The molecule has 0 aliphatic heterocycles. The lowest BCUT2D eigenvalue weighted by Crippen LogP contribution is -2.33. The summed E-state index contributed by atoms with van der Waals surface area (Å²) in [5, 5.41) is 0. The van der Waals surface area contributed by atoms with E-state index in [2.05, 4.69) is 51.6 Å². The second-order valence-electron chi connectivity index (χ2n) is 19.2. The maximum Gasteiger partial charge on any atom is 0.305 e. The van der Waals surface area contributed by atoms with Crippen molar-refractivity contribution in [2.24, 2.45) is 11.8 Å². The third kappa shape index (κ3) is 42.1. The van der Waals surface area contributed by atoms with Gasteiger partial charge in [0.15, 0.2) is 0 Å². The van der Waals surface area contributed by atoms with E-state index in [1.165, 1.54) is 141 Å². The molecule has 0 aliphatic rings. The summed E-state index contributed by atoms with van der Waals surface area (Å²) in [5.41, 5.74) is 0. The molecular formula is C54H106N2O5. The number of ether oxygens (including phenoxy) is 2. The summed E-state index contributed by atoms with van der Waals surface area (Å²) >= 11 is 0. The molecule has 362 valence electrons. The van der Waals surface area contributed by atoms with E-state index in [-0.39, 0.29) is 17.8 Å². The van der Waals surface area contributed by atoms with Crippen LogP contribution in [-0.4, -0.2) is 74.6 Å². The van der Waals surface area contributed by atoms with Gasteiger partial charge in [0.25, 0.3) is 0 Å². The number of carbonyl (C=O) groups excluding carboxylic acids is 3. The molecule has 0 aliphatic carbocycles. The minimum absolute atomic E-state index is 0.0349. The van der Waals surface area contributed by atoms with E-state index >= 15 is 0 Å². The van der Waals surface area contributed by atoms with Crippen LogP contribution >= 0.6 is 0 Å². The average molecular weight is 863 g/mol. The first-order valence-electron chi connectivity index (χ1n) is 27.0. The van der Waals surface area contributed by atoms with Gasteiger partial charge in [0.2, 0.25) is 5.91 Å². The summed E-state index contributed by atoms with van der Waals surface area (Å²) in [6, 6.07) is 0. The summed E-state index contributed by atoms with van der Waals surface area (Å²) in [5.74, 6) is 1.79. The van der Waals surface area contributed by atoms with Gasteiger partial charge < -0.3 is 19.3 Å². The van der Waals surface area contributed by atoms with Gasteiger partial charge in [-0.15, -0.1) is 0 Å². The lowest BCUT2D eigenvalue weighted by Gasteiger charge is -2.23. The van der Waals surface area contributed by atoms with Crippen LogP contribution in [0.4, 0.5) is 0 Å². The topological polar surface area (TPSA) is 76.1 Å². The zero-order chi connectivity index (χ0) is 44.9. The van der Waals surface area contributed by atoms with E-state index in [0.29, 0.717) is 32.5 Å². The highest BCUT2D eigenvalue weighted by molar-refractivity contribution is 5.76. The standard InChI is InChI=1S/C54H106N2O5/c1-7-11-15-25-36-50(37-26-16-12-8-2)40-34-48-60-53(58)43-29-21-19-23-31-46-56(52(57)42-33-45-55(5)6)47-32-24-20-22-30-44-54(59)61-49-35-41-51(38-27-17-13-9-3)39-28-18-14-10-4/h50-51H,7-49H2,1-6H3. The Morgan fingerprint density at radius 3 is 1.05 bits per heavy atom. The Bertz CT molecular complexity index is 872. The fourth-order valence-electron chi connectivity index (χ4n) is 8.84. The van der Waals surface area contributed by atoms with Crippen LogP contribution in [0.3, 0.4) is 0 Å². The highest BCUT2D eigenvalue weighted by Gasteiger charge is 2.14. The Hall–Kier alpha value is -1.63. The maximum absolute atomic E-state index is 13.2. The highest BCUT2D eigenvalue weighted by Crippen LogP contribution is 2.24. The predicted molar refractivity (Wildman–Crippen MR) is 262 cm³/mol. The van der Waals surface area contributed by atoms with Gasteiger partial charge in [-0.2, -0.15) is 0 Å². The lowest BCUT2D eigenvalue weighted by molar-refractivity contribution is -0.144. The van der Waals surface area contributed by atoms with Crippen molar-refractivity contribution >= 4 is 17.8 Å². The van der Waals surface area contributed by atoms with Crippen molar-refractivity contribution < 1.29 is 23.9 Å². The van der Waals surface area contributed by atoms with Crippen molar-refractivity contribution in [1.29, 1.82) is 0 Å². The Morgan fingerprint density at radius 1 is 0.361 bits per heavy atom. The monoisotopic (exact) mass is 863 g/mol. The molecule has 7 nitrogen and oxygen atoms in total. The first-order chi connectivity index (χ1) is 29.8. The smallest absolute Gasteiger partial charge is 0.305 e. The molecule has 0 saturated heterocycles. The number of esters is 2. The summed E-state index contributed by atoms with van der Waals surface area (Å²) in [6.45, 7) is 12.8. The van der Waals surface area contributed by atoms with Gasteiger partial charge in [-0.25, -0.2) is 0 Å². The van der Waals surface area contributed by atoms with Crippen LogP contribution in [0.25, 0.3) is 0 Å². The van der Waals surface area contributed by atoms with Crippen molar-refractivity contribution in [3.8, 4) is 0 Å². The van der Waals surface area contributed by atoms with Gasteiger partial charge in [-0.3, -0.25) is 14.4 Å². The van der Waals surface area contributed by atoms with Crippen molar-refractivity contribution in [3.05, 3.63) is 0 Å². The van der Waals surface area contributed by atoms with Crippen molar-refractivity contribution in [2.45, 2.75) is 272 Å². The van der Waals surface area contributed by atoms with Crippen LogP contribution in [0.15, 0.2) is 0 Å². The molecule has 0 rings (SSSR count). The molecule has 0 aromatic carbocycles. The van der Waals surface area contributed by atoms with Gasteiger partial charge in [0.1, 0.15) is 0 Å². The SMILES string of the molecule is CCCCCCC(CCCCCC)CCCOC(=O)CCCCCCCN(CCCCCCCC(=O)OCCCC(CCCCCC)CCCCCC)C(=O)CCCN(C)C. The minimum atomic E-state index is -0.0349. The summed E-state index contributed by atoms with van der Waals surface area (Å²) in [7, 11) is 4.12. The fourth-order valence-corrected chi connectivity index (χ4v) is 8.84. The fraction of sp³-hybridized carbons (Fsp3) is 0.944. The number of nitrogens with zero attached hydrogens (tertiary/aromatic N) is 2. The van der Waals surface area contributed by atoms with Gasteiger partial charge in [-0.05, 0) is 90.3 Å². The molecule has 0 unspecified atom stereocenters. The van der Waals surface area contributed by atoms with Crippen molar-refractivity contribution in [3.63, 3.8) is 0 Å². The molecule has 0 aromatic rings. The summed E-state index contributed by atoms with van der Waals surface area (Å²) in [6.07, 6.45) is 43.9. The van der Waals surface area contributed by atoms with Crippen LogP contribution in [0, 0.1) is 11.8 Å². The minimum Gasteiger partial charge on any atom is -0.466 e. The molecule has 0 spiro atoms. The quantitative estimate of drug-likeness (QED) is 0.0448. The van der Waals surface area contributed by atoms with Crippen LogP contribution in [-0.2, 0) is 23.9 Å². The van der Waals surface area contributed by atoms with E-state index in [0.717, 1.165) is 115 Å². The molecule has 0 heterocycles. The van der Waals surface area contributed by atoms with Gasteiger partial charge in [0.05, 0.1) is 13.2 Å². The van der Waals surface area contributed by atoms with Gasteiger partial charge in [0, 0.05) is 32.4 Å². The number of unbranched alkanes of at least 4 members (excludes halogenated alkanes) is 20. The zero-order valence-electron chi connectivity index (χ0n) is 42.0. The maximum atomic E-state index is 13.2. The van der Waals surface area contributed by atoms with Gasteiger partial charge >= 0.3 is 11.9 Å². The first kappa shape index (κ1) is 59.4. The number of amides is 1. The third-order valence-corrected chi connectivity index (χ3v) is 12.9.